The summed E-state index contributed by atoms with van der Waals surface area (Å²) in [5.74, 6) is 0.894. The lowest BCUT2D eigenvalue weighted by atomic mass is 10.1. The van der Waals surface area contributed by atoms with Crippen LogP contribution >= 0.6 is 0 Å². The van der Waals surface area contributed by atoms with Crippen molar-refractivity contribution in [1.82, 2.24) is 0 Å². The van der Waals surface area contributed by atoms with Crippen LogP contribution in [0.5, 0.6) is 5.75 Å². The van der Waals surface area contributed by atoms with Gasteiger partial charge in [-0.25, -0.2) is 0 Å². The maximum absolute atomic E-state index is 11.5. The summed E-state index contributed by atoms with van der Waals surface area (Å²) >= 11 is 0. The molecule has 0 aromatic heterocycles. The van der Waals surface area contributed by atoms with Crippen LogP contribution in [-0.4, -0.2) is 11.9 Å². The standard InChI is InChI=1S/C13H14O2/c1-2-3-13(14)10-4-6-11(7-5-10)15-12-8-9-12/h2-7,12H,8-9H2,1H3/b3-2+. The van der Waals surface area contributed by atoms with E-state index in [1.807, 2.05) is 19.1 Å². The van der Waals surface area contributed by atoms with E-state index in [1.54, 1.807) is 24.3 Å². The predicted octanol–water partition coefficient (Wildman–Crippen LogP) is 2.99. The van der Waals surface area contributed by atoms with Crippen LogP contribution in [0.2, 0.25) is 0 Å². The molecule has 2 heteroatoms. The number of benzene rings is 1. The van der Waals surface area contributed by atoms with E-state index in [2.05, 4.69) is 0 Å². The minimum atomic E-state index is 0.0375. The molecule has 1 saturated carbocycles. The minimum Gasteiger partial charge on any atom is -0.490 e. The van der Waals surface area contributed by atoms with Gasteiger partial charge < -0.3 is 4.74 Å². The smallest absolute Gasteiger partial charge is 0.185 e. The molecule has 1 fully saturated rings. The van der Waals surface area contributed by atoms with Gasteiger partial charge in [0.25, 0.3) is 0 Å². The van der Waals surface area contributed by atoms with Crippen molar-refractivity contribution in [3.05, 3.63) is 42.0 Å². The van der Waals surface area contributed by atoms with Crippen LogP contribution in [0.1, 0.15) is 30.1 Å². The third kappa shape index (κ3) is 2.69. The molecule has 2 rings (SSSR count). The van der Waals surface area contributed by atoms with Crippen LogP contribution in [0.15, 0.2) is 36.4 Å². The first-order valence-corrected chi connectivity index (χ1v) is 5.23. The summed E-state index contributed by atoms with van der Waals surface area (Å²) < 4.78 is 5.59. The van der Waals surface area contributed by atoms with Gasteiger partial charge in [-0.3, -0.25) is 4.79 Å². The number of ketones is 1. The highest BCUT2D eigenvalue weighted by atomic mass is 16.5. The molecule has 0 bridgehead atoms. The van der Waals surface area contributed by atoms with E-state index in [4.69, 9.17) is 4.74 Å². The Morgan fingerprint density at radius 3 is 2.53 bits per heavy atom. The van der Waals surface area contributed by atoms with E-state index in [0.717, 1.165) is 18.6 Å². The van der Waals surface area contributed by atoms with E-state index < -0.39 is 0 Å². The molecule has 0 saturated heterocycles. The van der Waals surface area contributed by atoms with Crippen molar-refractivity contribution in [3.8, 4) is 5.75 Å². The second-order valence-electron chi connectivity index (χ2n) is 3.71. The Morgan fingerprint density at radius 2 is 2.00 bits per heavy atom. The molecule has 1 aromatic rings. The summed E-state index contributed by atoms with van der Waals surface area (Å²) in [6.07, 6.45) is 6.02. The molecule has 0 amide bonds. The second-order valence-corrected chi connectivity index (χ2v) is 3.71. The molecule has 1 aliphatic rings. The summed E-state index contributed by atoms with van der Waals surface area (Å²) in [5, 5.41) is 0. The molecule has 0 radical (unpaired) electrons. The molecular weight excluding hydrogens is 188 g/mol. The first-order valence-electron chi connectivity index (χ1n) is 5.23. The predicted molar refractivity (Wildman–Crippen MR) is 59.2 cm³/mol. The summed E-state index contributed by atoms with van der Waals surface area (Å²) in [6, 6.07) is 7.32. The van der Waals surface area contributed by atoms with E-state index in [0.29, 0.717) is 11.7 Å². The summed E-state index contributed by atoms with van der Waals surface area (Å²) in [5.41, 5.74) is 0.705. The molecule has 0 spiro atoms. The third-order valence-corrected chi connectivity index (χ3v) is 2.28. The minimum absolute atomic E-state index is 0.0375. The number of rotatable bonds is 4. The zero-order valence-electron chi connectivity index (χ0n) is 8.77. The summed E-state index contributed by atoms with van der Waals surface area (Å²) in [7, 11) is 0. The Balaban J connectivity index is 2.05. The average Bonchev–Trinajstić information content (AvgIpc) is 3.03. The number of carbonyl (C=O) groups excluding carboxylic acids is 1. The van der Waals surface area contributed by atoms with E-state index in [9.17, 15) is 4.79 Å². The lowest BCUT2D eigenvalue weighted by Crippen LogP contribution is -1.97. The molecule has 0 atom stereocenters. The Bertz CT molecular complexity index is 372. The van der Waals surface area contributed by atoms with E-state index in [1.165, 1.54) is 0 Å². The summed E-state index contributed by atoms with van der Waals surface area (Å²) in [6.45, 7) is 1.84. The molecule has 1 aromatic carbocycles. The second kappa shape index (κ2) is 4.30. The van der Waals surface area contributed by atoms with Gasteiger partial charge in [0.1, 0.15) is 5.75 Å². The van der Waals surface area contributed by atoms with Gasteiger partial charge in [-0.2, -0.15) is 0 Å². The highest BCUT2D eigenvalue weighted by Gasteiger charge is 2.23. The van der Waals surface area contributed by atoms with Crippen LogP contribution in [0, 0.1) is 0 Å². The fraction of sp³-hybridized carbons (Fsp3) is 0.308. The molecule has 1 aliphatic carbocycles. The Kier molecular flexibility index (Phi) is 2.86. The number of ether oxygens (including phenoxy) is 1. The maximum atomic E-state index is 11.5. The van der Waals surface area contributed by atoms with Gasteiger partial charge in [-0.05, 0) is 50.1 Å². The van der Waals surface area contributed by atoms with Crippen molar-refractivity contribution in [2.24, 2.45) is 0 Å². The van der Waals surface area contributed by atoms with Crippen LogP contribution in [0.3, 0.4) is 0 Å². The topological polar surface area (TPSA) is 26.3 Å². The number of carbonyl (C=O) groups is 1. The van der Waals surface area contributed by atoms with Crippen molar-refractivity contribution in [1.29, 1.82) is 0 Å². The maximum Gasteiger partial charge on any atom is 0.185 e. The molecule has 0 aliphatic heterocycles. The fourth-order valence-electron chi connectivity index (χ4n) is 1.32. The summed E-state index contributed by atoms with van der Waals surface area (Å²) in [4.78, 5) is 11.5. The largest absolute Gasteiger partial charge is 0.490 e. The van der Waals surface area contributed by atoms with Crippen LogP contribution in [0.25, 0.3) is 0 Å². The molecule has 78 valence electrons. The van der Waals surface area contributed by atoms with Crippen LogP contribution < -0.4 is 4.74 Å². The zero-order chi connectivity index (χ0) is 10.7. The van der Waals surface area contributed by atoms with E-state index in [-0.39, 0.29) is 5.78 Å². The van der Waals surface area contributed by atoms with Gasteiger partial charge in [-0.1, -0.05) is 6.08 Å². The van der Waals surface area contributed by atoms with Crippen molar-refractivity contribution < 1.29 is 9.53 Å². The van der Waals surface area contributed by atoms with Gasteiger partial charge in [0.05, 0.1) is 6.10 Å². The highest BCUT2D eigenvalue weighted by Crippen LogP contribution is 2.26. The molecule has 0 heterocycles. The molecule has 0 unspecified atom stereocenters. The lowest BCUT2D eigenvalue weighted by Gasteiger charge is -2.03. The third-order valence-electron chi connectivity index (χ3n) is 2.28. The van der Waals surface area contributed by atoms with Crippen LogP contribution in [0.4, 0.5) is 0 Å². The first kappa shape index (κ1) is 9.97. The molecule has 0 N–H and O–H groups in total. The monoisotopic (exact) mass is 202 g/mol. The van der Waals surface area contributed by atoms with Gasteiger partial charge >= 0.3 is 0 Å². The van der Waals surface area contributed by atoms with Crippen molar-refractivity contribution >= 4 is 5.78 Å². The zero-order valence-corrected chi connectivity index (χ0v) is 8.77. The molecule has 2 nitrogen and oxygen atoms in total. The van der Waals surface area contributed by atoms with Gasteiger partial charge in [0.2, 0.25) is 0 Å². The van der Waals surface area contributed by atoms with Gasteiger partial charge in [-0.15, -0.1) is 0 Å². The highest BCUT2D eigenvalue weighted by molar-refractivity contribution is 6.04. The van der Waals surface area contributed by atoms with E-state index >= 15 is 0 Å². The average molecular weight is 202 g/mol. The number of hydrogen-bond acceptors (Lipinski definition) is 2. The van der Waals surface area contributed by atoms with Gasteiger partial charge in [0.15, 0.2) is 5.78 Å². The van der Waals surface area contributed by atoms with Crippen LogP contribution in [-0.2, 0) is 0 Å². The number of allylic oxidation sites excluding steroid dienone is 2. The lowest BCUT2D eigenvalue weighted by molar-refractivity contribution is 0.104. The van der Waals surface area contributed by atoms with Crippen molar-refractivity contribution in [3.63, 3.8) is 0 Å². The Morgan fingerprint density at radius 1 is 1.33 bits per heavy atom. The SMILES string of the molecule is C/C=C/C(=O)c1ccc(OC2CC2)cc1. The van der Waals surface area contributed by atoms with Crippen molar-refractivity contribution in [2.75, 3.05) is 0 Å². The molecule has 15 heavy (non-hydrogen) atoms. The Labute approximate surface area is 89.6 Å². The number of hydrogen-bond donors (Lipinski definition) is 0. The normalized spacial score (nSPS) is 15.5. The Hall–Kier alpha value is -1.57. The quantitative estimate of drug-likeness (QED) is 0.554. The molecular formula is C13H14O2. The fourth-order valence-corrected chi connectivity index (χ4v) is 1.32. The van der Waals surface area contributed by atoms with Gasteiger partial charge in [0, 0.05) is 5.56 Å². The first-order chi connectivity index (χ1) is 7.29. The van der Waals surface area contributed by atoms with Crippen molar-refractivity contribution in [2.45, 2.75) is 25.9 Å².